The number of hydrogen-bond acceptors (Lipinski definition) is 5. The summed E-state index contributed by atoms with van der Waals surface area (Å²) in [5.41, 5.74) is 0. The van der Waals surface area contributed by atoms with Gasteiger partial charge in [-0.1, -0.05) is 70.1 Å². The predicted octanol–water partition coefficient (Wildman–Crippen LogP) is 3.44. The van der Waals surface area contributed by atoms with Crippen LogP contribution in [0.1, 0.15) is 58.3 Å². The van der Waals surface area contributed by atoms with Crippen molar-refractivity contribution in [1.82, 2.24) is 0 Å². The number of carbonyl (C=O) groups is 1. The van der Waals surface area contributed by atoms with Crippen molar-refractivity contribution in [1.29, 1.82) is 0 Å². The number of rotatable bonds is 10. The van der Waals surface area contributed by atoms with Crippen molar-refractivity contribution in [3.63, 3.8) is 0 Å². The van der Waals surface area contributed by atoms with E-state index in [1.807, 2.05) is 6.07 Å². The van der Waals surface area contributed by atoms with E-state index in [-0.39, 0.29) is 0 Å². The van der Waals surface area contributed by atoms with E-state index < -0.39 is 22.5 Å². The second-order valence-corrected chi connectivity index (χ2v) is 6.50. The van der Waals surface area contributed by atoms with Crippen LogP contribution in [0.2, 0.25) is 0 Å². The summed E-state index contributed by atoms with van der Waals surface area (Å²) in [6, 6.07) is 8.86. The molecule has 0 aliphatic carbocycles. The highest BCUT2D eigenvalue weighted by molar-refractivity contribution is 7.79. The second kappa shape index (κ2) is 13.8. The van der Waals surface area contributed by atoms with Gasteiger partial charge in [0.05, 0.1) is 0 Å². The summed E-state index contributed by atoms with van der Waals surface area (Å²) in [6.45, 7) is 2.20. The molecule has 0 aliphatic heterocycles. The van der Waals surface area contributed by atoms with Crippen molar-refractivity contribution in [2.45, 2.75) is 64.4 Å². The second-order valence-electron chi connectivity index (χ2n) is 5.61. The third kappa shape index (κ3) is 17.1. The lowest BCUT2D eigenvalue weighted by Crippen LogP contribution is -2.25. The fraction of sp³-hybridized carbons (Fsp3) is 0.588. The molecule has 0 bridgehead atoms. The summed E-state index contributed by atoms with van der Waals surface area (Å²) >= 11 is 0. The Labute approximate surface area is 149 Å². The lowest BCUT2D eigenvalue weighted by molar-refractivity contribution is -0.144. The zero-order valence-electron chi connectivity index (χ0n) is 14.5. The molecule has 144 valence electrons. The van der Waals surface area contributed by atoms with E-state index in [2.05, 4.69) is 6.92 Å². The Balaban J connectivity index is 0.00000101. The molecule has 0 aliphatic rings. The Hall–Kier alpha value is -1.48. The summed E-state index contributed by atoms with van der Waals surface area (Å²) in [5.74, 6) is -0.0710. The molecule has 0 saturated carbocycles. The van der Waals surface area contributed by atoms with Gasteiger partial charge in [0.2, 0.25) is 0 Å². The lowest BCUT2D eigenvalue weighted by atomic mass is 10.1. The van der Waals surface area contributed by atoms with E-state index in [0.29, 0.717) is 12.2 Å². The standard InChI is InChI=1S/C17H26O3.H2O4S/c1-2-3-4-5-6-7-11-14-16(18)17(19)20-15-12-9-8-10-13-15;1-5(2,3)4/h8-10,12-13,16,18H,2-7,11,14H2,1H3;(H2,1,2,3,4). The molecule has 1 unspecified atom stereocenters. The van der Waals surface area contributed by atoms with E-state index >= 15 is 0 Å². The van der Waals surface area contributed by atoms with Crippen molar-refractivity contribution in [2.24, 2.45) is 0 Å². The maximum atomic E-state index is 11.6. The van der Waals surface area contributed by atoms with Crippen LogP contribution in [0.4, 0.5) is 0 Å². The summed E-state index contributed by atoms with van der Waals surface area (Å²) in [7, 11) is -4.67. The molecule has 1 aromatic carbocycles. The highest BCUT2D eigenvalue weighted by Crippen LogP contribution is 2.13. The van der Waals surface area contributed by atoms with Crippen LogP contribution < -0.4 is 4.74 Å². The SMILES string of the molecule is CCCCCCCCCC(O)C(=O)Oc1ccccc1.O=S(=O)(O)O. The molecule has 0 aromatic heterocycles. The van der Waals surface area contributed by atoms with Crippen LogP contribution in [0.5, 0.6) is 5.75 Å². The number of para-hydroxylation sites is 1. The molecule has 0 spiro atoms. The van der Waals surface area contributed by atoms with Crippen LogP contribution in [0.3, 0.4) is 0 Å². The van der Waals surface area contributed by atoms with Gasteiger partial charge in [-0.3, -0.25) is 9.11 Å². The van der Waals surface area contributed by atoms with Gasteiger partial charge >= 0.3 is 16.4 Å². The van der Waals surface area contributed by atoms with Crippen molar-refractivity contribution >= 4 is 16.4 Å². The number of hydrogen-bond donors (Lipinski definition) is 3. The normalized spacial score (nSPS) is 12.0. The number of aliphatic hydroxyl groups is 1. The van der Waals surface area contributed by atoms with Crippen molar-refractivity contribution in [3.8, 4) is 5.75 Å². The van der Waals surface area contributed by atoms with Crippen LogP contribution in [-0.2, 0) is 15.2 Å². The van der Waals surface area contributed by atoms with Crippen molar-refractivity contribution < 1.29 is 32.2 Å². The third-order valence-corrected chi connectivity index (χ3v) is 3.31. The maximum absolute atomic E-state index is 11.6. The molecular formula is C17H28O7S. The summed E-state index contributed by atoms with van der Waals surface area (Å²) in [4.78, 5) is 11.6. The highest BCUT2D eigenvalue weighted by atomic mass is 32.3. The van der Waals surface area contributed by atoms with Gasteiger partial charge in [-0.05, 0) is 18.6 Å². The largest absolute Gasteiger partial charge is 0.425 e. The Morgan fingerprint density at radius 2 is 1.48 bits per heavy atom. The molecular weight excluding hydrogens is 348 g/mol. The monoisotopic (exact) mass is 376 g/mol. The molecule has 0 fully saturated rings. The Morgan fingerprint density at radius 3 is 2.00 bits per heavy atom. The molecule has 3 N–H and O–H groups in total. The summed E-state index contributed by atoms with van der Waals surface area (Å²) in [5, 5.41) is 9.75. The van der Waals surface area contributed by atoms with Crippen molar-refractivity contribution in [3.05, 3.63) is 30.3 Å². The number of unbranched alkanes of at least 4 members (excludes halogenated alkanes) is 6. The minimum atomic E-state index is -4.67. The van der Waals surface area contributed by atoms with Gasteiger partial charge in [0.15, 0.2) is 6.10 Å². The number of benzene rings is 1. The van der Waals surface area contributed by atoms with Gasteiger partial charge in [-0.15, -0.1) is 0 Å². The quantitative estimate of drug-likeness (QED) is 0.247. The van der Waals surface area contributed by atoms with Gasteiger partial charge in [0.1, 0.15) is 5.75 Å². The average molecular weight is 376 g/mol. The molecule has 0 saturated heterocycles. The van der Waals surface area contributed by atoms with Crippen LogP contribution in [0.15, 0.2) is 30.3 Å². The molecule has 1 aromatic rings. The number of esters is 1. The van der Waals surface area contributed by atoms with E-state index in [1.165, 1.54) is 32.1 Å². The first-order chi connectivity index (χ1) is 11.7. The van der Waals surface area contributed by atoms with Gasteiger partial charge in [0.25, 0.3) is 0 Å². The fourth-order valence-electron chi connectivity index (χ4n) is 2.09. The molecule has 1 rings (SSSR count). The zero-order chi connectivity index (χ0) is 19.1. The molecule has 0 heterocycles. The van der Waals surface area contributed by atoms with Crippen LogP contribution >= 0.6 is 0 Å². The molecule has 0 amide bonds. The Bertz CT molecular complexity index is 550. The van der Waals surface area contributed by atoms with Crippen molar-refractivity contribution in [2.75, 3.05) is 0 Å². The molecule has 25 heavy (non-hydrogen) atoms. The Kier molecular flexibility index (Phi) is 13.0. The summed E-state index contributed by atoms with van der Waals surface area (Å²) < 4.78 is 36.7. The van der Waals surface area contributed by atoms with E-state index in [0.717, 1.165) is 12.8 Å². The minimum Gasteiger partial charge on any atom is -0.425 e. The first-order valence-electron chi connectivity index (χ1n) is 8.38. The van der Waals surface area contributed by atoms with Crippen LogP contribution in [-0.4, -0.2) is 34.7 Å². The molecule has 0 radical (unpaired) electrons. The maximum Gasteiger partial charge on any atom is 0.394 e. The minimum absolute atomic E-state index is 0.483. The Morgan fingerprint density at radius 1 is 1.00 bits per heavy atom. The smallest absolute Gasteiger partial charge is 0.394 e. The van der Waals surface area contributed by atoms with E-state index in [9.17, 15) is 9.90 Å². The number of carbonyl (C=O) groups excluding carboxylic acids is 1. The first-order valence-corrected chi connectivity index (χ1v) is 9.78. The molecule has 1 atom stereocenters. The predicted molar refractivity (Wildman–Crippen MR) is 94.9 cm³/mol. The first kappa shape index (κ1) is 23.5. The number of ether oxygens (including phenoxy) is 1. The van der Waals surface area contributed by atoms with Gasteiger partial charge in [-0.25, -0.2) is 4.79 Å². The molecule has 7 nitrogen and oxygen atoms in total. The van der Waals surface area contributed by atoms with E-state index in [4.69, 9.17) is 22.3 Å². The van der Waals surface area contributed by atoms with E-state index in [1.54, 1.807) is 24.3 Å². The van der Waals surface area contributed by atoms with Gasteiger partial charge in [0, 0.05) is 0 Å². The number of aliphatic hydroxyl groups excluding tert-OH is 1. The van der Waals surface area contributed by atoms with Gasteiger partial charge in [-0.2, -0.15) is 8.42 Å². The highest BCUT2D eigenvalue weighted by Gasteiger charge is 2.16. The topological polar surface area (TPSA) is 121 Å². The van der Waals surface area contributed by atoms with Crippen LogP contribution in [0, 0.1) is 0 Å². The average Bonchev–Trinajstić information content (AvgIpc) is 2.53. The fourth-order valence-corrected chi connectivity index (χ4v) is 2.09. The van der Waals surface area contributed by atoms with Crippen LogP contribution in [0.25, 0.3) is 0 Å². The third-order valence-electron chi connectivity index (χ3n) is 3.31. The van der Waals surface area contributed by atoms with Gasteiger partial charge < -0.3 is 9.84 Å². The lowest BCUT2D eigenvalue weighted by Gasteiger charge is -2.10. The summed E-state index contributed by atoms with van der Waals surface area (Å²) in [6.07, 6.45) is 7.69. The zero-order valence-corrected chi connectivity index (χ0v) is 15.3. The molecule has 8 heteroatoms.